The van der Waals surface area contributed by atoms with Crippen molar-refractivity contribution in [2.75, 3.05) is 24.6 Å². The monoisotopic (exact) mass is 276 g/mol. The Morgan fingerprint density at radius 2 is 0.900 bits per heavy atom. The van der Waals surface area contributed by atoms with Gasteiger partial charge in [0.05, 0.1) is 0 Å². The second-order valence-electron chi connectivity index (χ2n) is 2.91. The molecule has 0 amide bonds. The molecule has 10 heavy (non-hydrogen) atoms. The van der Waals surface area contributed by atoms with E-state index in [0.29, 0.717) is 0 Å². The van der Waals surface area contributed by atoms with Crippen molar-refractivity contribution in [3.63, 3.8) is 0 Å². The maximum atomic E-state index is 2.36. The molecule has 0 saturated carbocycles. The first kappa shape index (κ1) is 13.7. The van der Waals surface area contributed by atoms with E-state index in [1.165, 1.54) is 24.6 Å². The summed E-state index contributed by atoms with van der Waals surface area (Å²) in [6.45, 7) is 9.46. The molecule has 0 spiro atoms. The van der Waals surface area contributed by atoms with Crippen LogP contribution >= 0.6 is 31.2 Å². The zero-order valence-corrected chi connectivity index (χ0v) is 11.1. The van der Waals surface area contributed by atoms with Crippen LogP contribution in [0.5, 0.6) is 0 Å². The normalized spacial score (nSPS) is 12.4. The van der Waals surface area contributed by atoms with E-state index in [-0.39, 0.29) is 24.0 Å². The Kier molecular flexibility index (Phi) is 9.40. The van der Waals surface area contributed by atoms with E-state index in [1.807, 2.05) is 0 Å². The van der Waals surface area contributed by atoms with Crippen LogP contribution in [0.3, 0.4) is 0 Å². The maximum absolute atomic E-state index is 2.36. The Balaban J connectivity index is 0. The predicted octanol–water partition coefficient (Wildman–Crippen LogP) is 3.43. The topological polar surface area (TPSA) is 0 Å². The summed E-state index contributed by atoms with van der Waals surface area (Å²) in [6, 6.07) is 0. The van der Waals surface area contributed by atoms with E-state index in [4.69, 9.17) is 0 Å². The van der Waals surface area contributed by atoms with Gasteiger partial charge in [0.2, 0.25) is 0 Å². The summed E-state index contributed by atoms with van der Waals surface area (Å²) in [5.41, 5.74) is 0. The average Bonchev–Trinajstić information content (AvgIpc) is 1.95. The molecule has 0 heterocycles. The van der Waals surface area contributed by atoms with Crippen molar-refractivity contribution >= 4 is 31.2 Å². The quantitative estimate of drug-likeness (QED) is 0.545. The largest absolute Gasteiger partial charge is 0.107 e. The van der Waals surface area contributed by atoms with Crippen molar-refractivity contribution in [3.05, 3.63) is 0 Å². The fourth-order valence-electron chi connectivity index (χ4n) is 1.50. The standard InChI is InChI=1S/C8H21P.HI/c1-5-9(6-2,7-3)8-4;/h9H,5-8H2,1-4H3;1H. The van der Waals surface area contributed by atoms with E-state index in [1.54, 1.807) is 0 Å². The second kappa shape index (κ2) is 6.84. The van der Waals surface area contributed by atoms with Crippen LogP contribution in [0.15, 0.2) is 0 Å². The molecule has 0 unspecified atom stereocenters. The van der Waals surface area contributed by atoms with Crippen molar-refractivity contribution in [2.24, 2.45) is 0 Å². The fraction of sp³-hybridized carbons (Fsp3) is 1.00. The van der Waals surface area contributed by atoms with E-state index in [9.17, 15) is 0 Å². The number of hydrogen-bond donors (Lipinski definition) is 0. The van der Waals surface area contributed by atoms with Crippen LogP contribution in [-0.2, 0) is 0 Å². The van der Waals surface area contributed by atoms with Crippen LogP contribution in [0, 0.1) is 0 Å². The molecule has 0 fully saturated rings. The molecule has 0 rings (SSSR count). The number of hydrogen-bond acceptors (Lipinski definition) is 0. The molecule has 0 bridgehead atoms. The molecule has 0 aliphatic rings. The molecule has 0 aliphatic carbocycles. The molecule has 0 saturated heterocycles. The second-order valence-corrected chi connectivity index (χ2v) is 8.74. The van der Waals surface area contributed by atoms with E-state index >= 15 is 0 Å². The molecule has 0 aromatic heterocycles. The molecule has 0 radical (unpaired) electrons. The van der Waals surface area contributed by atoms with Crippen LogP contribution in [-0.4, -0.2) is 24.6 Å². The van der Waals surface area contributed by atoms with Gasteiger partial charge >= 0.3 is 59.6 Å². The molecule has 0 atom stereocenters. The van der Waals surface area contributed by atoms with Gasteiger partial charge in [0.25, 0.3) is 0 Å². The van der Waals surface area contributed by atoms with Crippen molar-refractivity contribution in [3.8, 4) is 0 Å². The molecule has 0 nitrogen and oxygen atoms in total. The van der Waals surface area contributed by atoms with Gasteiger partial charge in [-0.05, 0) is 0 Å². The van der Waals surface area contributed by atoms with Crippen molar-refractivity contribution in [1.29, 1.82) is 0 Å². The molecule has 0 N–H and O–H groups in total. The first-order valence-corrected chi connectivity index (χ1v) is 7.07. The minimum Gasteiger partial charge on any atom is -0.107 e. The predicted molar refractivity (Wildman–Crippen MR) is 65.9 cm³/mol. The Morgan fingerprint density at radius 1 is 0.700 bits per heavy atom. The minimum absolute atomic E-state index is 0. The molecular formula is C8H22IP. The van der Waals surface area contributed by atoms with Gasteiger partial charge in [0.15, 0.2) is 0 Å². The van der Waals surface area contributed by atoms with Crippen LogP contribution in [0.4, 0.5) is 0 Å². The number of halogens is 1. The van der Waals surface area contributed by atoms with Crippen LogP contribution in [0.2, 0.25) is 0 Å². The summed E-state index contributed by atoms with van der Waals surface area (Å²) >= 11 is 0. The fourth-order valence-corrected chi connectivity index (χ4v) is 4.50. The summed E-state index contributed by atoms with van der Waals surface area (Å²) in [5, 5.41) is 0. The zero-order chi connectivity index (χ0) is 7.33. The van der Waals surface area contributed by atoms with Crippen LogP contribution in [0.1, 0.15) is 27.7 Å². The minimum atomic E-state index is -0.691. The maximum Gasteiger partial charge on any atom is -0.107 e. The molecule has 2 heteroatoms. The first-order valence-electron chi connectivity index (χ1n) is 4.24. The summed E-state index contributed by atoms with van der Waals surface area (Å²) in [4.78, 5) is 0. The van der Waals surface area contributed by atoms with Gasteiger partial charge in [0, 0.05) is 0 Å². The van der Waals surface area contributed by atoms with Crippen LogP contribution in [0.25, 0.3) is 0 Å². The van der Waals surface area contributed by atoms with Gasteiger partial charge in [-0.2, -0.15) is 0 Å². The van der Waals surface area contributed by atoms with Gasteiger partial charge < -0.3 is 0 Å². The van der Waals surface area contributed by atoms with E-state index < -0.39 is 7.26 Å². The van der Waals surface area contributed by atoms with Gasteiger partial charge in [-0.25, -0.2) is 0 Å². The van der Waals surface area contributed by atoms with Crippen molar-refractivity contribution < 1.29 is 0 Å². The molecule has 0 aromatic carbocycles. The van der Waals surface area contributed by atoms with Crippen molar-refractivity contribution in [2.45, 2.75) is 27.7 Å². The third-order valence-electron chi connectivity index (χ3n) is 3.00. The third kappa shape index (κ3) is 3.52. The van der Waals surface area contributed by atoms with Gasteiger partial charge in [-0.1, -0.05) is 0 Å². The Labute approximate surface area is 83.5 Å². The summed E-state index contributed by atoms with van der Waals surface area (Å²) < 4.78 is 0. The summed E-state index contributed by atoms with van der Waals surface area (Å²) in [7, 11) is -0.691. The van der Waals surface area contributed by atoms with E-state index in [2.05, 4.69) is 27.7 Å². The smallest absolute Gasteiger partial charge is 0.107 e. The third-order valence-corrected chi connectivity index (χ3v) is 9.00. The van der Waals surface area contributed by atoms with Crippen molar-refractivity contribution in [1.82, 2.24) is 0 Å². The van der Waals surface area contributed by atoms with Crippen LogP contribution < -0.4 is 0 Å². The molecule has 0 aromatic rings. The van der Waals surface area contributed by atoms with Gasteiger partial charge in [-0.3, -0.25) is 0 Å². The first-order chi connectivity index (χ1) is 4.24. The zero-order valence-electron chi connectivity index (χ0n) is 7.74. The number of rotatable bonds is 4. The average molecular weight is 276 g/mol. The van der Waals surface area contributed by atoms with E-state index in [0.717, 1.165) is 0 Å². The Hall–Kier alpha value is 1.16. The Bertz CT molecular complexity index is 52.1. The SMILES string of the molecule is CC[PH](CC)(CC)CC.I. The molecular weight excluding hydrogens is 254 g/mol. The molecule has 0 aliphatic heterocycles. The molecule has 66 valence electrons. The van der Waals surface area contributed by atoms with Gasteiger partial charge in [-0.15, -0.1) is 24.0 Å². The summed E-state index contributed by atoms with van der Waals surface area (Å²) in [6.07, 6.45) is 5.93. The van der Waals surface area contributed by atoms with Gasteiger partial charge in [0.1, 0.15) is 0 Å². The summed E-state index contributed by atoms with van der Waals surface area (Å²) in [5.74, 6) is 0. The Morgan fingerprint density at radius 3 is 0.900 bits per heavy atom.